The largest absolute Gasteiger partial charge is 0.497 e. The molecule has 1 aromatic carbocycles. The highest BCUT2D eigenvalue weighted by Gasteiger charge is 2.39. The topological polar surface area (TPSA) is 88.9 Å². The molecule has 7 nitrogen and oxygen atoms in total. The van der Waals surface area contributed by atoms with E-state index in [1.165, 1.54) is 25.2 Å². The van der Waals surface area contributed by atoms with Crippen molar-refractivity contribution in [3.05, 3.63) is 23.8 Å². The minimum absolute atomic E-state index is 0.205. The van der Waals surface area contributed by atoms with E-state index in [4.69, 9.17) is 14.2 Å². The summed E-state index contributed by atoms with van der Waals surface area (Å²) in [7, 11) is 4.54. The van der Waals surface area contributed by atoms with Gasteiger partial charge in [-0.1, -0.05) is 19.3 Å². The molecule has 1 aliphatic rings. The molecule has 1 fully saturated rings. The molecule has 0 spiro atoms. The van der Waals surface area contributed by atoms with Gasteiger partial charge in [0.25, 0.3) is 5.91 Å². The van der Waals surface area contributed by atoms with Crippen LogP contribution in [0.3, 0.4) is 0 Å². The third-order valence-corrected chi connectivity index (χ3v) is 4.86. The number of carbonyl (C=O) groups excluding carboxylic acids is 2. The molecule has 0 saturated heterocycles. The zero-order chi connectivity index (χ0) is 19.2. The van der Waals surface area contributed by atoms with Crippen molar-refractivity contribution in [3.63, 3.8) is 0 Å². The maximum atomic E-state index is 12.4. The number of hydrogen-bond donors (Lipinski definition) is 0. The van der Waals surface area contributed by atoms with Gasteiger partial charge < -0.3 is 19.1 Å². The van der Waals surface area contributed by atoms with E-state index in [0.29, 0.717) is 24.3 Å². The summed E-state index contributed by atoms with van der Waals surface area (Å²) >= 11 is 0. The Morgan fingerprint density at radius 3 is 2.46 bits per heavy atom. The molecule has 0 aromatic heterocycles. The van der Waals surface area contributed by atoms with Gasteiger partial charge >= 0.3 is 5.97 Å². The number of nitriles is 1. The molecule has 140 valence electrons. The van der Waals surface area contributed by atoms with Gasteiger partial charge in [-0.05, 0) is 25.0 Å². The Balaban J connectivity index is 2.02. The number of carbonyl (C=O) groups is 2. The van der Waals surface area contributed by atoms with Gasteiger partial charge in [0.15, 0.2) is 6.61 Å². The van der Waals surface area contributed by atoms with E-state index < -0.39 is 24.0 Å². The van der Waals surface area contributed by atoms with Crippen LogP contribution in [0.1, 0.15) is 42.5 Å². The van der Waals surface area contributed by atoms with Gasteiger partial charge in [0.05, 0.1) is 20.3 Å². The molecule has 0 bridgehead atoms. The zero-order valence-electron chi connectivity index (χ0n) is 15.4. The maximum absolute atomic E-state index is 12.4. The van der Waals surface area contributed by atoms with Crippen molar-refractivity contribution < 1.29 is 23.8 Å². The van der Waals surface area contributed by atoms with E-state index in [1.54, 1.807) is 19.2 Å². The summed E-state index contributed by atoms with van der Waals surface area (Å²) < 4.78 is 15.4. The van der Waals surface area contributed by atoms with Gasteiger partial charge in [-0.2, -0.15) is 5.26 Å². The Hall–Kier alpha value is -2.75. The molecular weight excluding hydrogens is 336 g/mol. The first-order valence-corrected chi connectivity index (χ1v) is 8.54. The second-order valence-corrected chi connectivity index (χ2v) is 6.30. The molecule has 0 unspecified atom stereocenters. The van der Waals surface area contributed by atoms with Crippen molar-refractivity contribution in [3.8, 4) is 17.6 Å². The molecular formula is C19H24N2O5. The number of hydrogen-bond acceptors (Lipinski definition) is 6. The Morgan fingerprint density at radius 2 is 1.88 bits per heavy atom. The average molecular weight is 360 g/mol. The molecule has 1 saturated carbocycles. The highest BCUT2D eigenvalue weighted by atomic mass is 16.5. The third-order valence-electron chi connectivity index (χ3n) is 4.86. The fourth-order valence-corrected chi connectivity index (χ4v) is 3.17. The number of methoxy groups -OCH3 is 2. The van der Waals surface area contributed by atoms with Gasteiger partial charge in [0.2, 0.25) is 0 Å². The highest BCUT2D eigenvalue weighted by Crippen LogP contribution is 2.32. The second-order valence-electron chi connectivity index (χ2n) is 6.30. The lowest BCUT2D eigenvalue weighted by Gasteiger charge is -2.38. The Morgan fingerprint density at radius 1 is 1.19 bits per heavy atom. The number of ether oxygens (including phenoxy) is 3. The van der Waals surface area contributed by atoms with Crippen LogP contribution in [0.25, 0.3) is 0 Å². The molecule has 1 aliphatic carbocycles. The standard InChI is InChI=1S/C19H24N2O5/c1-21(19(13-20)9-5-4-6-10-19)17(22)12-26-18(23)15-8-7-14(24-2)11-16(15)25-3/h7-8,11H,4-6,9-10,12H2,1-3H3. The summed E-state index contributed by atoms with van der Waals surface area (Å²) in [4.78, 5) is 26.2. The van der Waals surface area contributed by atoms with Crippen LogP contribution >= 0.6 is 0 Å². The summed E-state index contributed by atoms with van der Waals surface area (Å²) in [5, 5.41) is 9.55. The van der Waals surface area contributed by atoms with E-state index in [2.05, 4.69) is 6.07 Å². The normalized spacial score (nSPS) is 15.5. The molecule has 0 aliphatic heterocycles. The average Bonchev–Trinajstić information content (AvgIpc) is 2.70. The van der Waals surface area contributed by atoms with Gasteiger partial charge in [-0.15, -0.1) is 0 Å². The van der Waals surface area contributed by atoms with E-state index in [0.717, 1.165) is 19.3 Å². The van der Waals surface area contributed by atoms with Crippen LogP contribution in [0.15, 0.2) is 18.2 Å². The number of benzene rings is 1. The Kier molecular flexibility index (Phi) is 6.45. The molecule has 0 atom stereocenters. The van der Waals surface area contributed by atoms with Gasteiger partial charge in [0, 0.05) is 13.1 Å². The number of esters is 1. The van der Waals surface area contributed by atoms with E-state index >= 15 is 0 Å². The maximum Gasteiger partial charge on any atom is 0.342 e. The predicted octanol–water partition coefficient (Wildman–Crippen LogP) is 2.55. The lowest BCUT2D eigenvalue weighted by molar-refractivity contribution is -0.138. The summed E-state index contributed by atoms with van der Waals surface area (Å²) in [6.07, 6.45) is 4.18. The van der Waals surface area contributed by atoms with Crippen LogP contribution in [-0.4, -0.2) is 50.2 Å². The van der Waals surface area contributed by atoms with Crippen molar-refractivity contribution in [2.75, 3.05) is 27.9 Å². The first-order chi connectivity index (χ1) is 12.5. The fraction of sp³-hybridized carbons (Fsp3) is 0.526. The quantitative estimate of drug-likeness (QED) is 0.724. The van der Waals surface area contributed by atoms with E-state index in [9.17, 15) is 14.9 Å². The van der Waals surface area contributed by atoms with Crippen molar-refractivity contribution in [2.24, 2.45) is 0 Å². The van der Waals surface area contributed by atoms with Crippen LogP contribution in [-0.2, 0) is 9.53 Å². The lowest BCUT2D eigenvalue weighted by Crippen LogP contribution is -2.51. The molecule has 1 aromatic rings. The molecule has 0 radical (unpaired) electrons. The van der Waals surface area contributed by atoms with Crippen molar-refractivity contribution in [2.45, 2.75) is 37.6 Å². The van der Waals surface area contributed by atoms with Crippen LogP contribution in [0.5, 0.6) is 11.5 Å². The molecule has 0 heterocycles. The summed E-state index contributed by atoms with van der Waals surface area (Å²) in [6.45, 7) is -0.423. The van der Waals surface area contributed by atoms with Crippen LogP contribution < -0.4 is 9.47 Å². The Bertz CT molecular complexity index is 704. The predicted molar refractivity (Wildman–Crippen MR) is 94.0 cm³/mol. The zero-order valence-corrected chi connectivity index (χ0v) is 15.4. The third kappa shape index (κ3) is 4.07. The monoisotopic (exact) mass is 360 g/mol. The van der Waals surface area contributed by atoms with E-state index in [1.807, 2.05) is 0 Å². The van der Waals surface area contributed by atoms with Crippen LogP contribution in [0, 0.1) is 11.3 Å². The van der Waals surface area contributed by atoms with Gasteiger partial charge in [-0.25, -0.2) is 4.79 Å². The van der Waals surface area contributed by atoms with E-state index in [-0.39, 0.29) is 5.56 Å². The summed E-state index contributed by atoms with van der Waals surface area (Å²) in [5.41, 5.74) is -0.601. The number of nitrogens with zero attached hydrogens (tertiary/aromatic N) is 2. The molecule has 26 heavy (non-hydrogen) atoms. The first-order valence-electron chi connectivity index (χ1n) is 8.54. The number of amides is 1. The van der Waals surface area contributed by atoms with Crippen LogP contribution in [0.2, 0.25) is 0 Å². The number of rotatable bonds is 6. The molecule has 2 rings (SSSR count). The Labute approximate surface area is 153 Å². The van der Waals surface area contributed by atoms with Crippen molar-refractivity contribution in [1.82, 2.24) is 4.90 Å². The smallest absolute Gasteiger partial charge is 0.342 e. The van der Waals surface area contributed by atoms with Gasteiger partial charge in [0.1, 0.15) is 22.6 Å². The minimum Gasteiger partial charge on any atom is -0.497 e. The summed E-state index contributed by atoms with van der Waals surface area (Å²) in [5.74, 6) is -0.214. The van der Waals surface area contributed by atoms with Crippen molar-refractivity contribution >= 4 is 11.9 Å². The SMILES string of the molecule is COc1ccc(C(=O)OCC(=O)N(C)C2(C#N)CCCCC2)c(OC)c1. The van der Waals surface area contributed by atoms with Crippen molar-refractivity contribution in [1.29, 1.82) is 5.26 Å². The fourth-order valence-electron chi connectivity index (χ4n) is 3.17. The first kappa shape index (κ1) is 19.6. The molecule has 0 N–H and O–H groups in total. The molecule has 7 heteroatoms. The molecule has 1 amide bonds. The minimum atomic E-state index is -0.806. The summed E-state index contributed by atoms with van der Waals surface area (Å²) in [6, 6.07) is 6.98. The van der Waals surface area contributed by atoms with Crippen LogP contribution in [0.4, 0.5) is 0 Å². The lowest BCUT2D eigenvalue weighted by atomic mass is 9.81. The number of likely N-dealkylation sites (N-methyl/N-ethyl adjacent to an activating group) is 1. The highest BCUT2D eigenvalue weighted by molar-refractivity contribution is 5.94. The second kappa shape index (κ2) is 8.56. The van der Waals surface area contributed by atoms with Gasteiger partial charge in [-0.3, -0.25) is 4.79 Å².